The van der Waals surface area contributed by atoms with Crippen LogP contribution in [0.3, 0.4) is 0 Å². The van der Waals surface area contributed by atoms with E-state index in [4.69, 9.17) is 0 Å². The number of hydrogen-bond donors (Lipinski definition) is 1. The fourth-order valence-corrected chi connectivity index (χ4v) is 5.49. The van der Waals surface area contributed by atoms with Crippen molar-refractivity contribution in [3.05, 3.63) is 83.7 Å². The zero-order chi connectivity index (χ0) is 25.6. The molecule has 4 heterocycles. The number of nitrogens with zero attached hydrogens (tertiary/aromatic N) is 5. The van der Waals surface area contributed by atoms with Gasteiger partial charge >= 0.3 is 0 Å². The molecule has 0 bridgehead atoms. The molecular formula is C29H34N6O2. The van der Waals surface area contributed by atoms with E-state index in [1.807, 2.05) is 54.4 Å². The van der Waals surface area contributed by atoms with Crippen LogP contribution < -0.4 is 5.32 Å². The number of pyridine rings is 1. The molecule has 192 valence electrons. The Bertz CT molecular complexity index is 1210. The van der Waals surface area contributed by atoms with Crippen molar-refractivity contribution < 1.29 is 9.59 Å². The molecule has 8 heteroatoms. The van der Waals surface area contributed by atoms with Crippen molar-refractivity contribution >= 4 is 17.5 Å². The summed E-state index contributed by atoms with van der Waals surface area (Å²) in [7, 11) is 0. The van der Waals surface area contributed by atoms with Gasteiger partial charge in [0, 0.05) is 62.1 Å². The predicted octanol–water partition coefficient (Wildman–Crippen LogP) is 4.34. The van der Waals surface area contributed by atoms with Crippen molar-refractivity contribution in [1.82, 2.24) is 24.8 Å². The lowest BCUT2D eigenvalue weighted by Gasteiger charge is -2.43. The Morgan fingerprint density at radius 2 is 1.81 bits per heavy atom. The number of carbonyl (C=O) groups excluding carboxylic acids is 2. The summed E-state index contributed by atoms with van der Waals surface area (Å²) in [5, 5.41) is 3.41. The first-order valence-electron chi connectivity index (χ1n) is 13.2. The molecule has 1 atom stereocenters. The molecule has 0 radical (unpaired) electrons. The van der Waals surface area contributed by atoms with Crippen LogP contribution in [0.4, 0.5) is 5.69 Å². The topological polar surface area (TPSA) is 91.3 Å². The van der Waals surface area contributed by atoms with E-state index in [1.165, 1.54) is 0 Å². The molecule has 37 heavy (non-hydrogen) atoms. The molecule has 2 aliphatic rings. The highest BCUT2D eigenvalue weighted by Gasteiger charge is 2.36. The molecule has 0 saturated carbocycles. The monoisotopic (exact) mass is 498 g/mol. The second-order valence-electron chi connectivity index (χ2n) is 10.0. The molecule has 1 N–H and O–H groups in total. The Labute approximate surface area is 218 Å². The number of nitrogens with one attached hydrogen (secondary N) is 1. The highest BCUT2D eigenvalue weighted by molar-refractivity contribution is 5.95. The van der Waals surface area contributed by atoms with Gasteiger partial charge in [0.2, 0.25) is 0 Å². The van der Waals surface area contributed by atoms with Gasteiger partial charge in [-0.1, -0.05) is 12.1 Å². The Hall–Kier alpha value is -3.81. The summed E-state index contributed by atoms with van der Waals surface area (Å²) in [5.74, 6) is 0.436. The summed E-state index contributed by atoms with van der Waals surface area (Å²) in [5.41, 5.74) is 3.93. The summed E-state index contributed by atoms with van der Waals surface area (Å²) in [6.45, 7) is 4.67. The lowest BCUT2D eigenvalue weighted by atomic mass is 9.83. The van der Waals surface area contributed by atoms with Crippen LogP contribution in [0.25, 0.3) is 0 Å². The number of anilines is 1. The van der Waals surface area contributed by atoms with E-state index in [9.17, 15) is 9.59 Å². The van der Waals surface area contributed by atoms with E-state index in [-0.39, 0.29) is 17.9 Å². The van der Waals surface area contributed by atoms with Gasteiger partial charge in [0.15, 0.2) is 0 Å². The van der Waals surface area contributed by atoms with Gasteiger partial charge in [-0.05, 0) is 74.8 Å². The van der Waals surface area contributed by atoms with Crippen LogP contribution in [-0.4, -0.2) is 62.2 Å². The maximum atomic E-state index is 13.7. The fourth-order valence-electron chi connectivity index (χ4n) is 5.49. The van der Waals surface area contributed by atoms with E-state index >= 15 is 0 Å². The first-order chi connectivity index (χ1) is 18.1. The minimum atomic E-state index is -0.0573. The lowest BCUT2D eigenvalue weighted by molar-refractivity contribution is 0.0373. The Balaban J connectivity index is 1.22. The second-order valence-corrected chi connectivity index (χ2v) is 10.0. The summed E-state index contributed by atoms with van der Waals surface area (Å²) < 4.78 is 0. The maximum absolute atomic E-state index is 13.7. The maximum Gasteiger partial charge on any atom is 0.274 e. The molecule has 1 aromatic carbocycles. The normalized spacial score (nSPS) is 18.5. The zero-order valence-corrected chi connectivity index (χ0v) is 21.3. The minimum Gasteiger partial charge on any atom is -0.381 e. The van der Waals surface area contributed by atoms with Gasteiger partial charge in [0.05, 0.1) is 11.9 Å². The quantitative estimate of drug-likeness (QED) is 0.544. The number of amides is 2. The molecule has 2 fully saturated rings. The van der Waals surface area contributed by atoms with Crippen molar-refractivity contribution in [1.29, 1.82) is 0 Å². The van der Waals surface area contributed by atoms with Gasteiger partial charge in [-0.15, -0.1) is 0 Å². The third-order valence-electron chi connectivity index (χ3n) is 7.51. The Morgan fingerprint density at radius 3 is 2.57 bits per heavy atom. The predicted molar refractivity (Wildman–Crippen MR) is 142 cm³/mol. The number of piperidine rings is 2. The van der Waals surface area contributed by atoms with Gasteiger partial charge < -0.3 is 15.1 Å². The number of carbonyl (C=O) groups is 2. The third-order valence-corrected chi connectivity index (χ3v) is 7.51. The SMILES string of the molecule is Cc1cnc(C(=O)N2CCC([C@H]3CCCCN3C(=O)c3cccc(NCc4cccnc4)c3)CC2)cn1. The summed E-state index contributed by atoms with van der Waals surface area (Å²) in [4.78, 5) is 43.1. The number of benzene rings is 1. The molecule has 0 unspecified atom stereocenters. The van der Waals surface area contributed by atoms with E-state index in [1.54, 1.807) is 18.6 Å². The van der Waals surface area contributed by atoms with E-state index in [2.05, 4.69) is 25.2 Å². The molecular weight excluding hydrogens is 464 g/mol. The van der Waals surface area contributed by atoms with Gasteiger partial charge in [-0.25, -0.2) is 4.98 Å². The van der Waals surface area contributed by atoms with E-state index in [0.717, 1.165) is 55.6 Å². The van der Waals surface area contributed by atoms with Crippen LogP contribution >= 0.6 is 0 Å². The first-order valence-corrected chi connectivity index (χ1v) is 13.2. The first kappa shape index (κ1) is 24.9. The van der Waals surface area contributed by atoms with Crippen LogP contribution in [0.1, 0.15) is 64.2 Å². The van der Waals surface area contributed by atoms with Crippen LogP contribution in [-0.2, 0) is 6.54 Å². The van der Waals surface area contributed by atoms with E-state index < -0.39 is 0 Å². The van der Waals surface area contributed by atoms with Gasteiger partial charge in [0.25, 0.3) is 11.8 Å². The van der Waals surface area contributed by atoms with Crippen molar-refractivity contribution in [2.24, 2.45) is 5.92 Å². The molecule has 2 aromatic heterocycles. The number of aryl methyl sites for hydroxylation is 1. The molecule has 8 nitrogen and oxygen atoms in total. The average Bonchev–Trinajstić information content (AvgIpc) is 2.96. The number of rotatable bonds is 6. The van der Waals surface area contributed by atoms with Gasteiger partial charge in [0.1, 0.15) is 5.69 Å². The van der Waals surface area contributed by atoms with Crippen LogP contribution in [0.2, 0.25) is 0 Å². The number of hydrogen-bond acceptors (Lipinski definition) is 6. The highest BCUT2D eigenvalue weighted by Crippen LogP contribution is 2.32. The Kier molecular flexibility index (Phi) is 7.73. The molecule has 0 spiro atoms. The number of aromatic nitrogens is 3. The molecule has 0 aliphatic carbocycles. The minimum absolute atomic E-state index is 0.0573. The van der Waals surface area contributed by atoms with Crippen LogP contribution in [0.15, 0.2) is 61.2 Å². The molecule has 2 saturated heterocycles. The zero-order valence-electron chi connectivity index (χ0n) is 21.3. The number of likely N-dealkylation sites (tertiary alicyclic amines) is 2. The largest absolute Gasteiger partial charge is 0.381 e. The fraction of sp³-hybridized carbons (Fsp3) is 0.414. The van der Waals surface area contributed by atoms with Gasteiger partial charge in [-0.2, -0.15) is 0 Å². The second kappa shape index (κ2) is 11.5. The summed E-state index contributed by atoms with van der Waals surface area (Å²) in [6, 6.07) is 12.0. The lowest BCUT2D eigenvalue weighted by Crippen LogP contribution is -2.51. The van der Waals surface area contributed by atoms with Crippen molar-refractivity contribution in [2.45, 2.75) is 51.6 Å². The molecule has 3 aromatic rings. The molecule has 2 amide bonds. The summed E-state index contributed by atoms with van der Waals surface area (Å²) in [6.07, 6.45) is 11.8. The van der Waals surface area contributed by atoms with Crippen molar-refractivity contribution in [3.8, 4) is 0 Å². The average molecular weight is 499 g/mol. The van der Waals surface area contributed by atoms with E-state index in [0.29, 0.717) is 36.8 Å². The van der Waals surface area contributed by atoms with Crippen LogP contribution in [0, 0.1) is 12.8 Å². The third kappa shape index (κ3) is 5.96. The smallest absolute Gasteiger partial charge is 0.274 e. The van der Waals surface area contributed by atoms with Crippen molar-refractivity contribution in [2.75, 3.05) is 25.0 Å². The van der Waals surface area contributed by atoms with Crippen LogP contribution in [0.5, 0.6) is 0 Å². The molecule has 5 rings (SSSR count). The Morgan fingerprint density at radius 1 is 0.946 bits per heavy atom. The highest BCUT2D eigenvalue weighted by atomic mass is 16.2. The molecule has 2 aliphatic heterocycles. The van der Waals surface area contributed by atoms with Crippen molar-refractivity contribution in [3.63, 3.8) is 0 Å². The standard InChI is InChI=1S/C29H34N6O2/c1-21-17-33-26(20-31-21)29(37)34-14-10-23(11-15-34)27-9-2-3-13-35(27)28(36)24-7-4-8-25(16-24)32-19-22-6-5-12-30-18-22/h4-8,12,16-18,20,23,27,32H,2-3,9-11,13-15,19H2,1H3/t27-/m1/s1. The summed E-state index contributed by atoms with van der Waals surface area (Å²) >= 11 is 0. The van der Waals surface area contributed by atoms with Gasteiger partial charge in [-0.3, -0.25) is 19.6 Å².